The van der Waals surface area contributed by atoms with E-state index in [0.29, 0.717) is 12.1 Å². The number of rotatable bonds is 1. The summed E-state index contributed by atoms with van der Waals surface area (Å²) in [6.45, 7) is 0. The molecule has 74 valence electrons. The fourth-order valence-electron chi connectivity index (χ4n) is 0.806. The van der Waals surface area contributed by atoms with Gasteiger partial charge in [0.2, 0.25) is 0 Å². The molecule has 0 saturated heterocycles. The summed E-state index contributed by atoms with van der Waals surface area (Å²) in [4.78, 5) is -1.03. The molecular weight excluding hydrogens is 236 g/mol. The van der Waals surface area contributed by atoms with E-state index in [9.17, 15) is 17.2 Å². The van der Waals surface area contributed by atoms with Gasteiger partial charge in [-0.3, -0.25) is 0 Å². The van der Waals surface area contributed by atoms with Crippen molar-refractivity contribution in [3.63, 3.8) is 0 Å². The minimum Gasteiger partial charge on any atom is -0.207 e. The number of nitriles is 1. The van der Waals surface area contributed by atoms with Crippen LogP contribution in [0.1, 0.15) is 5.56 Å². The summed E-state index contributed by atoms with van der Waals surface area (Å²) in [6, 6.07) is 2.73. The molecule has 0 fully saturated rings. The molecule has 0 aliphatic heterocycles. The van der Waals surface area contributed by atoms with E-state index in [2.05, 4.69) is 0 Å². The Morgan fingerprint density at radius 1 is 1.36 bits per heavy atom. The van der Waals surface area contributed by atoms with Crippen LogP contribution < -0.4 is 0 Å². The van der Waals surface area contributed by atoms with E-state index in [1.807, 2.05) is 0 Å². The zero-order valence-corrected chi connectivity index (χ0v) is 8.03. The molecule has 1 aromatic rings. The highest BCUT2D eigenvalue weighted by Crippen LogP contribution is 2.22. The lowest BCUT2D eigenvalue weighted by Gasteiger charge is -2.00. The molecular formula is C7H2ClF2NO2S. The molecule has 0 aliphatic carbocycles. The van der Waals surface area contributed by atoms with Gasteiger partial charge in [-0.25, -0.2) is 17.2 Å². The zero-order chi connectivity index (χ0) is 10.9. The lowest BCUT2D eigenvalue weighted by atomic mass is 10.2. The standard InChI is InChI=1S/C7H2ClF2NO2S/c8-14(12,13)6-2-4(3-11)1-5(9)7(6)10/h1-2H. The third kappa shape index (κ3) is 2.00. The summed E-state index contributed by atoms with van der Waals surface area (Å²) in [5.41, 5.74) is -0.317. The second kappa shape index (κ2) is 3.52. The van der Waals surface area contributed by atoms with E-state index in [1.165, 1.54) is 6.07 Å². The number of hydrogen-bond donors (Lipinski definition) is 0. The summed E-state index contributed by atoms with van der Waals surface area (Å²) in [6.07, 6.45) is 0. The van der Waals surface area contributed by atoms with Gasteiger partial charge >= 0.3 is 0 Å². The molecule has 0 amide bonds. The van der Waals surface area contributed by atoms with Crippen molar-refractivity contribution in [2.75, 3.05) is 0 Å². The maximum atomic E-state index is 12.9. The van der Waals surface area contributed by atoms with Gasteiger partial charge in [-0.1, -0.05) is 0 Å². The van der Waals surface area contributed by atoms with Gasteiger partial charge in [0.25, 0.3) is 9.05 Å². The fraction of sp³-hybridized carbons (Fsp3) is 0. The number of hydrogen-bond acceptors (Lipinski definition) is 3. The van der Waals surface area contributed by atoms with Crippen LogP contribution in [0.15, 0.2) is 17.0 Å². The first-order valence-electron chi connectivity index (χ1n) is 3.20. The highest BCUT2D eigenvalue weighted by Gasteiger charge is 2.20. The van der Waals surface area contributed by atoms with Gasteiger partial charge in [-0.05, 0) is 12.1 Å². The molecule has 14 heavy (non-hydrogen) atoms. The van der Waals surface area contributed by atoms with Crippen LogP contribution in [0, 0.1) is 23.0 Å². The Morgan fingerprint density at radius 2 is 1.93 bits per heavy atom. The molecule has 1 aromatic carbocycles. The van der Waals surface area contributed by atoms with E-state index in [-0.39, 0.29) is 5.56 Å². The minimum atomic E-state index is -4.38. The Balaban J connectivity index is 3.61. The Hall–Kier alpha value is -1.19. The summed E-state index contributed by atoms with van der Waals surface area (Å²) >= 11 is 0. The second-order valence-electron chi connectivity index (χ2n) is 2.32. The van der Waals surface area contributed by atoms with Crippen LogP contribution in [-0.2, 0) is 9.05 Å². The fourth-order valence-corrected chi connectivity index (χ4v) is 1.72. The second-order valence-corrected chi connectivity index (χ2v) is 4.85. The maximum absolute atomic E-state index is 12.9. The van der Waals surface area contributed by atoms with Crippen molar-refractivity contribution in [3.8, 4) is 6.07 Å². The van der Waals surface area contributed by atoms with E-state index in [4.69, 9.17) is 15.9 Å². The van der Waals surface area contributed by atoms with Crippen molar-refractivity contribution < 1.29 is 17.2 Å². The molecule has 0 spiro atoms. The third-order valence-electron chi connectivity index (χ3n) is 1.39. The van der Waals surface area contributed by atoms with Crippen LogP contribution in [0.2, 0.25) is 0 Å². The monoisotopic (exact) mass is 237 g/mol. The molecule has 0 N–H and O–H groups in total. The van der Waals surface area contributed by atoms with Gasteiger partial charge in [0, 0.05) is 10.7 Å². The van der Waals surface area contributed by atoms with Crippen molar-refractivity contribution in [1.82, 2.24) is 0 Å². The smallest absolute Gasteiger partial charge is 0.207 e. The predicted molar refractivity (Wildman–Crippen MR) is 44.1 cm³/mol. The average molecular weight is 238 g/mol. The van der Waals surface area contributed by atoms with Crippen LogP contribution in [0.5, 0.6) is 0 Å². The van der Waals surface area contributed by atoms with Gasteiger partial charge < -0.3 is 0 Å². The molecule has 7 heteroatoms. The first-order chi connectivity index (χ1) is 6.36. The molecule has 1 rings (SSSR count). The van der Waals surface area contributed by atoms with E-state index in [1.54, 1.807) is 0 Å². The van der Waals surface area contributed by atoms with Crippen LogP contribution in [0.4, 0.5) is 8.78 Å². The van der Waals surface area contributed by atoms with Crippen LogP contribution in [-0.4, -0.2) is 8.42 Å². The molecule has 0 atom stereocenters. The minimum absolute atomic E-state index is 0.317. The average Bonchev–Trinajstić information content (AvgIpc) is 2.07. The molecule has 0 aliphatic rings. The van der Waals surface area contributed by atoms with Crippen LogP contribution >= 0.6 is 10.7 Å². The third-order valence-corrected chi connectivity index (χ3v) is 2.71. The topological polar surface area (TPSA) is 57.9 Å². The number of benzene rings is 1. The van der Waals surface area contributed by atoms with E-state index < -0.39 is 25.6 Å². The largest absolute Gasteiger partial charge is 0.264 e. The Morgan fingerprint density at radius 3 is 2.36 bits per heavy atom. The normalized spacial score (nSPS) is 11.0. The summed E-state index contributed by atoms with van der Waals surface area (Å²) in [5.74, 6) is -3.01. The van der Waals surface area contributed by atoms with Gasteiger partial charge in [0.05, 0.1) is 11.6 Å². The zero-order valence-electron chi connectivity index (χ0n) is 6.46. The summed E-state index contributed by atoms with van der Waals surface area (Å²) in [7, 11) is 0.438. The molecule has 0 heterocycles. The van der Waals surface area contributed by atoms with Gasteiger partial charge in [-0.2, -0.15) is 5.26 Å². The highest BCUT2D eigenvalue weighted by molar-refractivity contribution is 8.13. The van der Waals surface area contributed by atoms with Crippen molar-refractivity contribution in [2.24, 2.45) is 0 Å². The van der Waals surface area contributed by atoms with Crippen molar-refractivity contribution in [1.29, 1.82) is 5.26 Å². The summed E-state index contributed by atoms with van der Waals surface area (Å²) in [5, 5.41) is 8.37. The van der Waals surface area contributed by atoms with Crippen LogP contribution in [0.3, 0.4) is 0 Å². The highest BCUT2D eigenvalue weighted by atomic mass is 35.7. The Labute approximate surface area is 83.0 Å². The molecule has 0 unspecified atom stereocenters. The molecule has 0 aromatic heterocycles. The Kier molecular flexibility index (Phi) is 2.73. The van der Waals surface area contributed by atoms with Crippen molar-refractivity contribution in [2.45, 2.75) is 4.90 Å². The number of nitrogens with zero attached hydrogens (tertiary/aromatic N) is 1. The summed E-state index contributed by atoms with van der Waals surface area (Å²) < 4.78 is 47.0. The van der Waals surface area contributed by atoms with Crippen molar-refractivity contribution in [3.05, 3.63) is 29.3 Å². The molecule has 0 saturated carbocycles. The van der Waals surface area contributed by atoms with Crippen LogP contribution in [0.25, 0.3) is 0 Å². The lowest BCUT2D eigenvalue weighted by molar-refractivity contribution is 0.486. The quantitative estimate of drug-likeness (QED) is 0.700. The van der Waals surface area contributed by atoms with Gasteiger partial charge in [0.15, 0.2) is 11.6 Å². The SMILES string of the molecule is N#Cc1cc(F)c(F)c(S(=O)(=O)Cl)c1. The molecule has 0 bridgehead atoms. The first kappa shape index (κ1) is 10.9. The van der Waals surface area contributed by atoms with E-state index in [0.717, 1.165) is 0 Å². The first-order valence-corrected chi connectivity index (χ1v) is 5.51. The maximum Gasteiger partial charge on any atom is 0.264 e. The predicted octanol–water partition coefficient (Wildman–Crippen LogP) is 1.76. The number of halogens is 3. The van der Waals surface area contributed by atoms with E-state index >= 15 is 0 Å². The Bertz CT molecular complexity index is 521. The van der Waals surface area contributed by atoms with Gasteiger partial charge in [0.1, 0.15) is 4.90 Å². The van der Waals surface area contributed by atoms with Crippen molar-refractivity contribution >= 4 is 19.7 Å². The van der Waals surface area contributed by atoms with Gasteiger partial charge in [-0.15, -0.1) is 0 Å². The molecule has 0 radical (unpaired) electrons. The lowest BCUT2D eigenvalue weighted by Crippen LogP contribution is -1.99. The molecule has 3 nitrogen and oxygen atoms in total.